The van der Waals surface area contributed by atoms with E-state index in [1.54, 1.807) is 18.4 Å². The Morgan fingerprint density at radius 1 is 1.67 bits per heavy atom. The van der Waals surface area contributed by atoms with Gasteiger partial charge >= 0.3 is 5.97 Å². The maximum absolute atomic E-state index is 10.6. The lowest BCUT2D eigenvalue weighted by Crippen LogP contribution is -1.99. The molecule has 0 spiro atoms. The predicted octanol–water partition coefficient (Wildman–Crippen LogP) is 2.34. The molecule has 5 heteroatoms. The molecule has 0 aliphatic heterocycles. The van der Waals surface area contributed by atoms with Gasteiger partial charge < -0.3 is 9.52 Å². The van der Waals surface area contributed by atoms with Crippen molar-refractivity contribution in [3.63, 3.8) is 0 Å². The molecule has 15 heavy (non-hydrogen) atoms. The van der Waals surface area contributed by atoms with Crippen molar-refractivity contribution in [2.24, 2.45) is 0 Å². The molecule has 78 valence electrons. The van der Waals surface area contributed by atoms with E-state index in [2.05, 4.69) is 4.98 Å². The number of carboxylic acids is 1. The minimum Gasteiger partial charge on any atom is -0.481 e. The van der Waals surface area contributed by atoms with Crippen LogP contribution in [0.5, 0.6) is 0 Å². The first-order valence-electron chi connectivity index (χ1n) is 4.39. The lowest BCUT2D eigenvalue weighted by atomic mass is 10.2. The number of aryl methyl sites for hydroxylation is 1. The Bertz CT molecular complexity index is 473. The second kappa shape index (κ2) is 3.86. The van der Waals surface area contributed by atoms with Crippen molar-refractivity contribution < 1.29 is 14.3 Å². The summed E-state index contributed by atoms with van der Waals surface area (Å²) in [6, 6.07) is 3.54. The number of carbonyl (C=O) groups is 1. The average Bonchev–Trinajstić information content (AvgIpc) is 2.72. The fourth-order valence-corrected chi connectivity index (χ4v) is 2.26. The molecule has 2 aromatic rings. The molecule has 0 amide bonds. The lowest BCUT2D eigenvalue weighted by molar-refractivity contribution is -0.136. The van der Waals surface area contributed by atoms with Gasteiger partial charge in [0.25, 0.3) is 0 Å². The van der Waals surface area contributed by atoms with Crippen molar-refractivity contribution in [3.8, 4) is 11.5 Å². The van der Waals surface area contributed by atoms with Gasteiger partial charge in [0.15, 0.2) is 5.76 Å². The highest BCUT2D eigenvalue weighted by molar-refractivity contribution is 7.12. The van der Waals surface area contributed by atoms with Crippen LogP contribution in [0, 0.1) is 6.92 Å². The molecular formula is C10H9NO3S. The number of aromatic nitrogens is 1. The lowest BCUT2D eigenvalue weighted by Gasteiger charge is -1.94. The number of rotatable bonds is 3. The Morgan fingerprint density at radius 2 is 2.47 bits per heavy atom. The molecule has 0 unspecified atom stereocenters. The summed E-state index contributed by atoms with van der Waals surface area (Å²) in [4.78, 5) is 15.6. The van der Waals surface area contributed by atoms with Crippen LogP contribution < -0.4 is 0 Å². The second-order valence-electron chi connectivity index (χ2n) is 3.05. The third-order valence-electron chi connectivity index (χ3n) is 1.87. The number of furan rings is 1. The van der Waals surface area contributed by atoms with Crippen LogP contribution in [0.25, 0.3) is 11.5 Å². The topological polar surface area (TPSA) is 63.3 Å². The molecule has 0 saturated carbocycles. The fourth-order valence-electron chi connectivity index (χ4n) is 1.33. The van der Waals surface area contributed by atoms with E-state index in [0.717, 1.165) is 9.88 Å². The van der Waals surface area contributed by atoms with Gasteiger partial charge in [-0.05, 0) is 19.1 Å². The molecule has 0 aliphatic rings. The first kappa shape index (κ1) is 9.92. The van der Waals surface area contributed by atoms with Crippen molar-refractivity contribution in [3.05, 3.63) is 28.3 Å². The molecule has 2 rings (SSSR count). The molecule has 0 atom stereocenters. The van der Waals surface area contributed by atoms with Gasteiger partial charge in [0.1, 0.15) is 5.69 Å². The largest absolute Gasteiger partial charge is 0.481 e. The molecule has 0 saturated heterocycles. The molecular weight excluding hydrogens is 214 g/mol. The van der Waals surface area contributed by atoms with Crippen molar-refractivity contribution >= 4 is 17.3 Å². The molecule has 0 radical (unpaired) electrons. The number of aliphatic carboxylic acids is 1. The molecule has 0 aromatic carbocycles. The van der Waals surface area contributed by atoms with Gasteiger partial charge in [-0.2, -0.15) is 0 Å². The summed E-state index contributed by atoms with van der Waals surface area (Å²) in [6.45, 7) is 1.85. The smallest absolute Gasteiger partial charge is 0.308 e. The van der Waals surface area contributed by atoms with Crippen molar-refractivity contribution in [1.29, 1.82) is 0 Å². The van der Waals surface area contributed by atoms with E-state index in [9.17, 15) is 4.79 Å². The maximum Gasteiger partial charge on any atom is 0.308 e. The summed E-state index contributed by atoms with van der Waals surface area (Å²) < 4.78 is 5.21. The van der Waals surface area contributed by atoms with Crippen LogP contribution in [0.2, 0.25) is 0 Å². The second-order valence-corrected chi connectivity index (χ2v) is 4.34. The third-order valence-corrected chi connectivity index (χ3v) is 2.84. The molecule has 0 fully saturated rings. The van der Waals surface area contributed by atoms with Gasteiger partial charge in [0.05, 0.1) is 17.7 Å². The van der Waals surface area contributed by atoms with Crippen LogP contribution >= 0.6 is 11.3 Å². The zero-order valence-electron chi connectivity index (χ0n) is 8.06. The average molecular weight is 223 g/mol. The molecule has 1 N–H and O–H groups in total. The minimum atomic E-state index is -0.855. The van der Waals surface area contributed by atoms with Crippen molar-refractivity contribution in [2.45, 2.75) is 13.3 Å². The summed E-state index contributed by atoms with van der Waals surface area (Å²) in [5.74, 6) is -0.234. The highest BCUT2D eigenvalue weighted by Crippen LogP contribution is 2.28. The van der Waals surface area contributed by atoms with Gasteiger partial charge in [0, 0.05) is 4.88 Å². The monoisotopic (exact) mass is 223 g/mol. The Morgan fingerprint density at radius 3 is 3.07 bits per heavy atom. The Balaban J connectivity index is 2.42. The zero-order valence-corrected chi connectivity index (χ0v) is 8.87. The van der Waals surface area contributed by atoms with E-state index < -0.39 is 5.97 Å². The summed E-state index contributed by atoms with van der Waals surface area (Å²) >= 11 is 1.39. The van der Waals surface area contributed by atoms with E-state index in [0.29, 0.717) is 11.5 Å². The molecule has 0 aliphatic carbocycles. The van der Waals surface area contributed by atoms with Gasteiger partial charge in [-0.1, -0.05) is 0 Å². The van der Waals surface area contributed by atoms with E-state index in [-0.39, 0.29) is 6.42 Å². The highest BCUT2D eigenvalue weighted by Gasteiger charge is 2.15. The van der Waals surface area contributed by atoms with Crippen LogP contribution in [0.4, 0.5) is 0 Å². The van der Waals surface area contributed by atoms with Crippen LogP contribution in [0.3, 0.4) is 0 Å². The van der Waals surface area contributed by atoms with Gasteiger partial charge in [0.2, 0.25) is 0 Å². The quantitative estimate of drug-likeness (QED) is 0.867. The Hall–Kier alpha value is -1.62. The normalized spacial score (nSPS) is 10.5. The Labute approximate surface area is 90.2 Å². The first-order chi connectivity index (χ1) is 7.16. The molecule has 2 aromatic heterocycles. The molecule has 2 heterocycles. The van der Waals surface area contributed by atoms with Gasteiger partial charge in [-0.15, -0.1) is 11.3 Å². The number of hydrogen-bond acceptors (Lipinski definition) is 4. The standard InChI is InChI=1S/C10H9NO3S/c1-6-11-10(7-3-2-4-14-7)8(15-6)5-9(12)13/h2-4H,5H2,1H3,(H,12,13). The van der Waals surface area contributed by atoms with E-state index >= 15 is 0 Å². The first-order valence-corrected chi connectivity index (χ1v) is 5.20. The summed E-state index contributed by atoms with van der Waals surface area (Å²) in [5, 5.41) is 9.59. The van der Waals surface area contributed by atoms with Crippen LogP contribution in [-0.2, 0) is 11.2 Å². The predicted molar refractivity (Wildman–Crippen MR) is 55.9 cm³/mol. The summed E-state index contributed by atoms with van der Waals surface area (Å²) in [6.07, 6.45) is 1.54. The minimum absolute atomic E-state index is 0.0124. The zero-order chi connectivity index (χ0) is 10.8. The summed E-state index contributed by atoms with van der Waals surface area (Å²) in [7, 11) is 0. The highest BCUT2D eigenvalue weighted by atomic mass is 32.1. The van der Waals surface area contributed by atoms with Gasteiger partial charge in [-0.25, -0.2) is 4.98 Å². The number of carboxylic acid groups (broad SMARTS) is 1. The van der Waals surface area contributed by atoms with Crippen molar-refractivity contribution in [2.75, 3.05) is 0 Å². The maximum atomic E-state index is 10.6. The van der Waals surface area contributed by atoms with Gasteiger partial charge in [-0.3, -0.25) is 4.79 Å². The van der Waals surface area contributed by atoms with E-state index in [4.69, 9.17) is 9.52 Å². The number of hydrogen-bond donors (Lipinski definition) is 1. The molecule has 0 bridgehead atoms. The SMILES string of the molecule is Cc1nc(-c2ccco2)c(CC(=O)O)s1. The van der Waals surface area contributed by atoms with Crippen molar-refractivity contribution in [1.82, 2.24) is 4.98 Å². The van der Waals surface area contributed by atoms with E-state index in [1.807, 2.05) is 6.92 Å². The number of thiazole rings is 1. The fraction of sp³-hybridized carbons (Fsp3) is 0.200. The number of nitrogens with zero attached hydrogens (tertiary/aromatic N) is 1. The summed E-state index contributed by atoms with van der Waals surface area (Å²) in [5.41, 5.74) is 0.643. The third kappa shape index (κ3) is 2.07. The van der Waals surface area contributed by atoms with Crippen LogP contribution in [0.1, 0.15) is 9.88 Å². The molecule has 4 nitrogen and oxygen atoms in total. The Kier molecular flexibility index (Phi) is 2.55. The van der Waals surface area contributed by atoms with Crippen LogP contribution in [-0.4, -0.2) is 16.1 Å². The van der Waals surface area contributed by atoms with E-state index in [1.165, 1.54) is 11.3 Å². The van der Waals surface area contributed by atoms with Crippen LogP contribution in [0.15, 0.2) is 22.8 Å².